The van der Waals surface area contributed by atoms with E-state index < -0.39 is 6.61 Å². The van der Waals surface area contributed by atoms with Gasteiger partial charge in [0.05, 0.1) is 4.47 Å². The van der Waals surface area contributed by atoms with E-state index in [1.54, 1.807) is 18.2 Å². The average Bonchev–Trinajstić information content (AvgIpc) is 2.41. The Bertz CT molecular complexity index is 590. The van der Waals surface area contributed by atoms with Gasteiger partial charge in [0, 0.05) is 11.8 Å². The highest BCUT2D eigenvalue weighted by molar-refractivity contribution is 9.10. The van der Waals surface area contributed by atoms with Gasteiger partial charge in [0.2, 0.25) is 5.78 Å². The predicted molar refractivity (Wildman–Crippen MR) is 68.4 cm³/mol. The lowest BCUT2D eigenvalue weighted by atomic mass is 10.1. The van der Waals surface area contributed by atoms with E-state index >= 15 is 0 Å². The Hall–Kier alpha value is -1.82. The monoisotopic (exact) mass is 327 g/mol. The Morgan fingerprint density at radius 1 is 1.21 bits per heavy atom. The summed E-state index contributed by atoms with van der Waals surface area (Å²) >= 11 is 3.10. The number of aromatic nitrogens is 1. The summed E-state index contributed by atoms with van der Waals surface area (Å²) < 4.78 is 28.9. The Morgan fingerprint density at radius 2 is 2.00 bits per heavy atom. The van der Waals surface area contributed by atoms with Crippen LogP contribution in [-0.2, 0) is 0 Å². The first-order valence-electron chi connectivity index (χ1n) is 5.28. The van der Waals surface area contributed by atoms with E-state index in [1.807, 2.05) is 0 Å². The SMILES string of the molecule is O=C(c1ccccn1)c1cccc(OC(F)F)c1Br. The molecule has 0 bridgehead atoms. The van der Waals surface area contributed by atoms with E-state index in [4.69, 9.17) is 0 Å². The van der Waals surface area contributed by atoms with Gasteiger partial charge in [-0.15, -0.1) is 0 Å². The summed E-state index contributed by atoms with van der Waals surface area (Å²) in [5, 5.41) is 0. The summed E-state index contributed by atoms with van der Waals surface area (Å²) in [5.74, 6) is -0.455. The molecule has 0 aliphatic carbocycles. The molecule has 2 aromatic rings. The minimum atomic E-state index is -2.95. The molecule has 98 valence electrons. The second-order valence-electron chi connectivity index (χ2n) is 3.54. The van der Waals surface area contributed by atoms with Crippen LogP contribution in [0.2, 0.25) is 0 Å². The topological polar surface area (TPSA) is 39.2 Å². The van der Waals surface area contributed by atoms with Crippen LogP contribution in [0, 0.1) is 0 Å². The van der Waals surface area contributed by atoms with Crippen LogP contribution in [0.5, 0.6) is 5.75 Å². The van der Waals surface area contributed by atoms with Gasteiger partial charge in [-0.05, 0) is 40.2 Å². The molecule has 0 fully saturated rings. The van der Waals surface area contributed by atoms with Crippen molar-refractivity contribution in [2.24, 2.45) is 0 Å². The number of carbonyl (C=O) groups excluding carboxylic acids is 1. The number of halogens is 3. The number of hydrogen-bond acceptors (Lipinski definition) is 3. The smallest absolute Gasteiger partial charge is 0.387 e. The zero-order valence-electron chi connectivity index (χ0n) is 9.52. The fourth-order valence-electron chi connectivity index (χ4n) is 1.51. The van der Waals surface area contributed by atoms with Crippen molar-refractivity contribution in [1.82, 2.24) is 4.98 Å². The molecule has 1 aromatic heterocycles. The number of rotatable bonds is 4. The van der Waals surface area contributed by atoms with Gasteiger partial charge in [-0.1, -0.05) is 12.1 Å². The van der Waals surface area contributed by atoms with Gasteiger partial charge in [0.15, 0.2) is 0 Å². The quantitative estimate of drug-likeness (QED) is 0.804. The third-order valence-corrected chi connectivity index (χ3v) is 3.14. The van der Waals surface area contributed by atoms with Crippen LogP contribution in [0.4, 0.5) is 8.78 Å². The molecule has 0 saturated carbocycles. The van der Waals surface area contributed by atoms with Gasteiger partial charge in [-0.25, -0.2) is 0 Å². The van der Waals surface area contributed by atoms with Crippen LogP contribution < -0.4 is 4.74 Å². The molecule has 0 aliphatic rings. The van der Waals surface area contributed by atoms with Crippen LogP contribution in [-0.4, -0.2) is 17.4 Å². The molecule has 0 spiro atoms. The van der Waals surface area contributed by atoms with Gasteiger partial charge in [0.1, 0.15) is 11.4 Å². The summed E-state index contributed by atoms with van der Waals surface area (Å²) in [5.41, 5.74) is 0.453. The lowest BCUT2D eigenvalue weighted by molar-refractivity contribution is -0.0503. The Labute approximate surface area is 116 Å². The number of benzene rings is 1. The zero-order chi connectivity index (χ0) is 13.8. The molecule has 2 rings (SSSR count). The van der Waals surface area contributed by atoms with Crippen LogP contribution in [0.15, 0.2) is 47.1 Å². The second kappa shape index (κ2) is 5.88. The molecule has 19 heavy (non-hydrogen) atoms. The number of alkyl halides is 2. The maximum Gasteiger partial charge on any atom is 0.387 e. The Kier molecular flexibility index (Phi) is 4.21. The summed E-state index contributed by atoms with van der Waals surface area (Å²) in [7, 11) is 0. The predicted octanol–water partition coefficient (Wildman–Crippen LogP) is 3.68. The molecule has 1 heterocycles. The number of ether oxygens (including phenoxy) is 1. The largest absolute Gasteiger partial charge is 0.434 e. The highest BCUT2D eigenvalue weighted by atomic mass is 79.9. The average molecular weight is 328 g/mol. The van der Waals surface area contributed by atoms with Crippen LogP contribution >= 0.6 is 15.9 Å². The fraction of sp³-hybridized carbons (Fsp3) is 0.0769. The third kappa shape index (κ3) is 3.14. The molecule has 0 aliphatic heterocycles. The van der Waals surface area contributed by atoms with Gasteiger partial charge >= 0.3 is 6.61 Å². The lowest BCUT2D eigenvalue weighted by Crippen LogP contribution is -2.07. The van der Waals surface area contributed by atoms with Crippen LogP contribution in [0.25, 0.3) is 0 Å². The number of carbonyl (C=O) groups is 1. The molecule has 0 amide bonds. The number of pyridine rings is 1. The zero-order valence-corrected chi connectivity index (χ0v) is 11.1. The van der Waals surface area contributed by atoms with Crippen LogP contribution in [0.3, 0.4) is 0 Å². The molecule has 0 atom stereocenters. The van der Waals surface area contributed by atoms with E-state index in [1.165, 1.54) is 24.4 Å². The molecular formula is C13H8BrF2NO2. The minimum Gasteiger partial charge on any atom is -0.434 e. The van der Waals surface area contributed by atoms with Crippen molar-refractivity contribution in [1.29, 1.82) is 0 Å². The Balaban J connectivity index is 2.38. The molecule has 3 nitrogen and oxygen atoms in total. The van der Waals surface area contributed by atoms with Crippen molar-refractivity contribution in [3.8, 4) is 5.75 Å². The normalized spacial score (nSPS) is 10.5. The van der Waals surface area contributed by atoms with Gasteiger partial charge in [-0.3, -0.25) is 9.78 Å². The summed E-state index contributed by atoms with van der Waals surface area (Å²) in [6.07, 6.45) is 1.49. The second-order valence-corrected chi connectivity index (χ2v) is 4.33. The van der Waals surface area contributed by atoms with Gasteiger partial charge < -0.3 is 4.74 Å². The van der Waals surface area contributed by atoms with E-state index in [0.717, 1.165) is 0 Å². The standard InChI is InChI=1S/C13H8BrF2NO2/c14-11-8(4-3-6-10(11)19-13(15)16)12(18)9-5-1-2-7-17-9/h1-7,13H. The minimum absolute atomic E-state index is 0.0863. The van der Waals surface area contributed by atoms with E-state index in [2.05, 4.69) is 25.7 Å². The third-order valence-electron chi connectivity index (χ3n) is 2.32. The summed E-state index contributed by atoms with van der Waals surface area (Å²) in [6, 6.07) is 9.24. The van der Waals surface area contributed by atoms with Crippen molar-refractivity contribution < 1.29 is 18.3 Å². The fourth-order valence-corrected chi connectivity index (χ4v) is 2.05. The number of hydrogen-bond donors (Lipinski definition) is 0. The van der Waals surface area contributed by atoms with Crippen LogP contribution in [0.1, 0.15) is 16.1 Å². The summed E-state index contributed by atoms with van der Waals surface area (Å²) in [4.78, 5) is 16.1. The van der Waals surface area contributed by atoms with Crippen molar-refractivity contribution in [2.45, 2.75) is 6.61 Å². The lowest BCUT2D eigenvalue weighted by Gasteiger charge is -2.09. The maximum atomic E-state index is 12.2. The summed E-state index contributed by atoms with van der Waals surface area (Å²) in [6.45, 7) is -2.95. The number of ketones is 1. The van der Waals surface area contributed by atoms with Gasteiger partial charge in [0.25, 0.3) is 0 Å². The first-order valence-corrected chi connectivity index (χ1v) is 6.08. The first-order chi connectivity index (χ1) is 9.09. The molecule has 0 unspecified atom stereocenters. The molecule has 0 N–H and O–H groups in total. The molecule has 1 aromatic carbocycles. The number of nitrogens with zero attached hydrogens (tertiary/aromatic N) is 1. The van der Waals surface area contributed by atoms with Crippen molar-refractivity contribution in [3.63, 3.8) is 0 Å². The van der Waals surface area contributed by atoms with E-state index in [0.29, 0.717) is 0 Å². The Morgan fingerprint density at radius 3 is 2.63 bits per heavy atom. The highest BCUT2D eigenvalue weighted by Crippen LogP contribution is 2.30. The van der Waals surface area contributed by atoms with Crippen molar-refractivity contribution in [3.05, 3.63) is 58.3 Å². The van der Waals surface area contributed by atoms with Crippen molar-refractivity contribution in [2.75, 3.05) is 0 Å². The maximum absolute atomic E-state index is 12.2. The van der Waals surface area contributed by atoms with E-state index in [9.17, 15) is 13.6 Å². The van der Waals surface area contributed by atoms with E-state index in [-0.39, 0.29) is 27.3 Å². The van der Waals surface area contributed by atoms with Crippen molar-refractivity contribution >= 4 is 21.7 Å². The molecular weight excluding hydrogens is 320 g/mol. The molecule has 6 heteroatoms. The highest BCUT2D eigenvalue weighted by Gasteiger charge is 2.18. The van der Waals surface area contributed by atoms with Gasteiger partial charge in [-0.2, -0.15) is 8.78 Å². The first kappa shape index (κ1) is 13.6. The molecule has 0 radical (unpaired) electrons. The molecule has 0 saturated heterocycles.